The highest BCUT2D eigenvalue weighted by atomic mass is 19.4. The number of piperidine rings is 1. The van der Waals surface area contributed by atoms with Crippen molar-refractivity contribution in [3.05, 3.63) is 52.3 Å². The van der Waals surface area contributed by atoms with Crippen molar-refractivity contribution in [3.63, 3.8) is 0 Å². The number of benzene rings is 1. The van der Waals surface area contributed by atoms with Gasteiger partial charge < -0.3 is 9.88 Å². The van der Waals surface area contributed by atoms with Crippen LogP contribution >= 0.6 is 0 Å². The molecule has 4 aromatic rings. The molecule has 0 radical (unpaired) electrons. The number of aryl methyl sites for hydroxylation is 2. The number of aromatic nitrogens is 5. The summed E-state index contributed by atoms with van der Waals surface area (Å²) in [6.45, 7) is 5.73. The highest BCUT2D eigenvalue weighted by Crippen LogP contribution is 2.31. The summed E-state index contributed by atoms with van der Waals surface area (Å²) in [6, 6.07) is 6.00. The molecule has 0 saturated carbocycles. The number of hydrogen-bond acceptors (Lipinski definition) is 4. The Balaban J connectivity index is 1.44. The molecular weight excluding hydrogens is 445 g/mol. The van der Waals surface area contributed by atoms with Crippen LogP contribution in [0, 0.1) is 13.8 Å². The molecule has 7 nitrogen and oxygen atoms in total. The Morgan fingerprint density at radius 3 is 2.79 bits per heavy atom. The first-order valence-electron chi connectivity index (χ1n) is 11.5. The maximum Gasteiger partial charge on any atom is 0.389 e. The van der Waals surface area contributed by atoms with Gasteiger partial charge in [-0.05, 0) is 81.1 Å². The number of halogens is 3. The molecular formula is C24H27F3N6O. The van der Waals surface area contributed by atoms with E-state index in [9.17, 15) is 18.0 Å². The van der Waals surface area contributed by atoms with Crippen molar-refractivity contribution >= 4 is 16.7 Å². The highest BCUT2D eigenvalue weighted by molar-refractivity contribution is 5.84. The molecule has 0 spiro atoms. The van der Waals surface area contributed by atoms with E-state index in [2.05, 4.69) is 21.1 Å². The maximum absolute atomic E-state index is 13.0. The van der Waals surface area contributed by atoms with Gasteiger partial charge in [0.25, 0.3) is 0 Å². The average molecular weight is 473 g/mol. The van der Waals surface area contributed by atoms with E-state index in [1.807, 2.05) is 37.1 Å². The molecule has 1 atom stereocenters. The number of H-pyrrole nitrogens is 1. The fourth-order valence-corrected chi connectivity index (χ4v) is 5.14. The van der Waals surface area contributed by atoms with E-state index in [4.69, 9.17) is 0 Å². The molecule has 0 bridgehead atoms. The van der Waals surface area contributed by atoms with Gasteiger partial charge in [0.15, 0.2) is 5.65 Å². The van der Waals surface area contributed by atoms with Gasteiger partial charge in [0, 0.05) is 24.7 Å². The van der Waals surface area contributed by atoms with Gasteiger partial charge in [0.2, 0.25) is 0 Å². The summed E-state index contributed by atoms with van der Waals surface area (Å²) in [7, 11) is 0. The molecule has 0 unspecified atom stereocenters. The van der Waals surface area contributed by atoms with Crippen LogP contribution in [0.5, 0.6) is 0 Å². The molecule has 1 N–H and O–H groups in total. The second-order valence-electron chi connectivity index (χ2n) is 9.24. The standard InChI is InChI=1S/C24H27F3N6O/c1-15-10-21-20(11-19(15)17-9-16(2)22-28-14-29-32(22)12-17)30-23(34)33(21)18-5-3-7-31(13-18)8-4-6-24(25,26)27/h9-12,14,18H,3-8,13H2,1-2H3,(H,30,34)/t18-/m1/s1. The molecule has 1 saturated heterocycles. The Hall–Kier alpha value is -3.14. The smallest absolute Gasteiger partial charge is 0.306 e. The summed E-state index contributed by atoms with van der Waals surface area (Å²) >= 11 is 0. The van der Waals surface area contributed by atoms with Gasteiger partial charge in [-0.15, -0.1) is 0 Å². The minimum Gasteiger partial charge on any atom is -0.306 e. The monoisotopic (exact) mass is 472 g/mol. The number of rotatable bonds is 5. The number of pyridine rings is 1. The van der Waals surface area contributed by atoms with Gasteiger partial charge in [-0.2, -0.15) is 18.3 Å². The van der Waals surface area contributed by atoms with Crippen molar-refractivity contribution in [2.45, 2.75) is 51.7 Å². The largest absolute Gasteiger partial charge is 0.389 e. The van der Waals surface area contributed by atoms with Crippen molar-refractivity contribution in [1.29, 1.82) is 0 Å². The Kier molecular flexibility index (Phi) is 5.71. The Labute approximate surface area is 194 Å². The van der Waals surface area contributed by atoms with Gasteiger partial charge in [-0.25, -0.2) is 14.3 Å². The lowest BCUT2D eigenvalue weighted by Crippen LogP contribution is -2.39. The van der Waals surface area contributed by atoms with Crippen LogP contribution in [0.3, 0.4) is 0 Å². The van der Waals surface area contributed by atoms with E-state index < -0.39 is 12.6 Å². The summed E-state index contributed by atoms with van der Waals surface area (Å²) in [4.78, 5) is 22.3. The molecule has 0 aliphatic carbocycles. The highest BCUT2D eigenvalue weighted by Gasteiger charge is 2.28. The fraction of sp³-hybridized carbons (Fsp3) is 0.458. The van der Waals surface area contributed by atoms with E-state index in [-0.39, 0.29) is 18.2 Å². The Morgan fingerprint density at radius 1 is 1.18 bits per heavy atom. The number of alkyl halides is 3. The van der Waals surface area contributed by atoms with Crippen LogP contribution in [0.1, 0.15) is 42.9 Å². The van der Waals surface area contributed by atoms with E-state index >= 15 is 0 Å². The normalized spacial score (nSPS) is 17.7. The minimum atomic E-state index is -4.13. The number of likely N-dealkylation sites (tertiary alicyclic amines) is 1. The first-order chi connectivity index (χ1) is 16.2. The molecule has 1 fully saturated rings. The van der Waals surface area contributed by atoms with E-state index in [1.165, 1.54) is 6.33 Å². The molecule has 1 aromatic carbocycles. The molecule has 1 aliphatic rings. The molecule has 5 rings (SSSR count). The maximum atomic E-state index is 13.0. The fourth-order valence-electron chi connectivity index (χ4n) is 5.14. The third-order valence-electron chi connectivity index (χ3n) is 6.71. The summed E-state index contributed by atoms with van der Waals surface area (Å²) in [5.41, 5.74) is 6.21. The number of aromatic amines is 1. The van der Waals surface area contributed by atoms with E-state index in [1.54, 1.807) is 9.08 Å². The van der Waals surface area contributed by atoms with Gasteiger partial charge in [-0.1, -0.05) is 0 Å². The quantitative estimate of drug-likeness (QED) is 0.460. The lowest BCUT2D eigenvalue weighted by atomic mass is 9.99. The predicted molar refractivity (Wildman–Crippen MR) is 124 cm³/mol. The minimum absolute atomic E-state index is 0.0696. The van der Waals surface area contributed by atoms with Crippen LogP contribution in [-0.2, 0) is 0 Å². The predicted octanol–water partition coefficient (Wildman–Crippen LogP) is 4.64. The van der Waals surface area contributed by atoms with E-state index in [0.29, 0.717) is 13.1 Å². The number of nitrogens with zero attached hydrogens (tertiary/aromatic N) is 5. The summed E-state index contributed by atoms with van der Waals surface area (Å²) < 4.78 is 41.1. The second-order valence-corrected chi connectivity index (χ2v) is 9.24. The van der Waals surface area contributed by atoms with Crippen LogP contribution in [0.2, 0.25) is 0 Å². The second kappa shape index (κ2) is 8.57. The number of nitrogens with one attached hydrogen (secondary N) is 1. The van der Waals surface area contributed by atoms with Gasteiger partial charge in [0.05, 0.1) is 17.1 Å². The van der Waals surface area contributed by atoms with Crippen LogP contribution < -0.4 is 5.69 Å². The van der Waals surface area contributed by atoms with Crippen LogP contribution in [0.25, 0.3) is 27.8 Å². The van der Waals surface area contributed by atoms with Gasteiger partial charge in [0.1, 0.15) is 6.33 Å². The molecule has 1 aliphatic heterocycles. The number of imidazole rings is 1. The third-order valence-corrected chi connectivity index (χ3v) is 6.71. The van der Waals surface area contributed by atoms with Crippen LogP contribution in [0.4, 0.5) is 13.2 Å². The van der Waals surface area contributed by atoms with Crippen molar-refractivity contribution in [2.24, 2.45) is 0 Å². The van der Waals surface area contributed by atoms with Gasteiger partial charge in [-0.3, -0.25) is 4.57 Å². The van der Waals surface area contributed by atoms with Crippen LogP contribution in [0.15, 0.2) is 35.5 Å². The van der Waals surface area contributed by atoms with Gasteiger partial charge >= 0.3 is 11.9 Å². The molecule has 10 heteroatoms. The first kappa shape index (κ1) is 22.6. The Morgan fingerprint density at radius 2 is 2.00 bits per heavy atom. The molecule has 3 aromatic heterocycles. The zero-order chi connectivity index (χ0) is 24.0. The molecule has 180 valence electrons. The first-order valence-corrected chi connectivity index (χ1v) is 11.5. The summed E-state index contributed by atoms with van der Waals surface area (Å²) in [6.07, 6.45) is 0.305. The molecule has 34 heavy (non-hydrogen) atoms. The number of fused-ring (bicyclic) bond motifs is 2. The zero-order valence-electron chi connectivity index (χ0n) is 19.2. The average Bonchev–Trinajstić information content (AvgIpc) is 3.36. The van der Waals surface area contributed by atoms with Crippen molar-refractivity contribution in [2.75, 3.05) is 19.6 Å². The van der Waals surface area contributed by atoms with Crippen molar-refractivity contribution < 1.29 is 13.2 Å². The van der Waals surface area contributed by atoms with Crippen molar-refractivity contribution in [1.82, 2.24) is 29.0 Å². The zero-order valence-corrected chi connectivity index (χ0v) is 19.2. The Bertz CT molecular complexity index is 1400. The lowest BCUT2D eigenvalue weighted by Gasteiger charge is -2.33. The summed E-state index contributed by atoms with van der Waals surface area (Å²) in [5.74, 6) is 0. The van der Waals surface area contributed by atoms with E-state index in [0.717, 1.165) is 58.3 Å². The molecule has 4 heterocycles. The number of hydrogen-bond donors (Lipinski definition) is 1. The topological polar surface area (TPSA) is 71.2 Å². The summed E-state index contributed by atoms with van der Waals surface area (Å²) in [5, 5.41) is 4.26. The lowest BCUT2D eigenvalue weighted by molar-refractivity contribution is -0.136. The molecule has 0 amide bonds. The van der Waals surface area contributed by atoms with Crippen LogP contribution in [-0.4, -0.2) is 54.9 Å². The van der Waals surface area contributed by atoms with Crippen molar-refractivity contribution in [3.8, 4) is 11.1 Å². The third kappa shape index (κ3) is 4.34. The SMILES string of the molecule is Cc1cc2c(cc1-c1cc(C)c3ncnn3c1)[nH]c(=O)n2[C@@H]1CCCN(CCCC(F)(F)F)C1.